The summed E-state index contributed by atoms with van der Waals surface area (Å²) in [5.41, 5.74) is -1.16. The minimum absolute atomic E-state index is 0.999. The highest BCUT2D eigenvalue weighted by Crippen LogP contribution is 2.41. The normalized spacial score (nSPS) is 37.2. The van der Waals surface area contributed by atoms with Crippen LogP contribution in [-0.2, 0) is 18.9 Å². The number of ether oxygens (including phenoxy) is 4. The van der Waals surface area contributed by atoms with Gasteiger partial charge in [-0.2, -0.15) is 0 Å². The largest absolute Gasteiger partial charge is 0.510 e. The number of alkyl halides is 4. The molecule has 6 nitrogen and oxygen atoms in total. The fourth-order valence-corrected chi connectivity index (χ4v) is 2.21. The third-order valence-corrected chi connectivity index (χ3v) is 3.08. The van der Waals surface area contributed by atoms with Gasteiger partial charge in [-0.1, -0.05) is 46.4 Å². The van der Waals surface area contributed by atoms with Crippen molar-refractivity contribution in [3.8, 4) is 0 Å². The predicted molar refractivity (Wildman–Crippen MR) is 56.4 cm³/mol. The standard InChI is InChI=1S/C7H4Cl4O6/c8-4-2(15-6(13)17-4)1-3(7(9,10)11)16-5(12)14-1/h1-4H/t1-,2+,3+,4-/m0/s1. The van der Waals surface area contributed by atoms with E-state index in [1.165, 1.54) is 0 Å². The third-order valence-electron chi connectivity index (χ3n) is 2.10. The van der Waals surface area contributed by atoms with Crippen molar-refractivity contribution in [3.05, 3.63) is 0 Å². The molecule has 10 heteroatoms. The second-order valence-electron chi connectivity index (χ2n) is 3.21. The third kappa shape index (κ3) is 2.59. The van der Waals surface area contributed by atoms with Gasteiger partial charge in [-0.25, -0.2) is 9.59 Å². The molecule has 2 saturated heterocycles. The smallest absolute Gasteiger partial charge is 0.423 e. The first kappa shape index (κ1) is 13.1. The average molecular weight is 326 g/mol. The zero-order valence-electron chi connectivity index (χ0n) is 7.77. The first-order valence-electron chi connectivity index (χ1n) is 4.24. The van der Waals surface area contributed by atoms with Gasteiger partial charge in [-0.15, -0.1) is 0 Å². The van der Waals surface area contributed by atoms with Crippen molar-refractivity contribution in [1.29, 1.82) is 0 Å². The quantitative estimate of drug-likeness (QED) is 0.544. The molecule has 0 unspecified atom stereocenters. The van der Waals surface area contributed by atoms with E-state index in [0.717, 1.165) is 0 Å². The van der Waals surface area contributed by atoms with Crippen LogP contribution in [0.1, 0.15) is 0 Å². The lowest BCUT2D eigenvalue weighted by Gasteiger charge is -2.24. The second-order valence-corrected chi connectivity index (χ2v) is 6.01. The van der Waals surface area contributed by atoms with Crippen LogP contribution in [0.15, 0.2) is 0 Å². The minimum Gasteiger partial charge on any atom is -0.423 e. The molecule has 2 heterocycles. The molecule has 0 aliphatic carbocycles. The van der Waals surface area contributed by atoms with Crippen LogP contribution in [0.5, 0.6) is 0 Å². The average Bonchev–Trinajstić information content (AvgIpc) is 2.68. The van der Waals surface area contributed by atoms with Gasteiger partial charge in [-0.3, -0.25) is 0 Å². The lowest BCUT2D eigenvalue weighted by atomic mass is 10.1. The molecule has 17 heavy (non-hydrogen) atoms. The Hall–Kier alpha value is -0.300. The van der Waals surface area contributed by atoms with Crippen LogP contribution in [-0.4, -0.2) is 40.0 Å². The lowest BCUT2D eigenvalue weighted by Crippen LogP contribution is -2.45. The topological polar surface area (TPSA) is 71.1 Å². The molecule has 0 amide bonds. The van der Waals surface area contributed by atoms with Crippen LogP contribution < -0.4 is 0 Å². The molecule has 0 bridgehead atoms. The highest BCUT2D eigenvalue weighted by atomic mass is 35.6. The molecule has 0 aromatic carbocycles. The summed E-state index contributed by atoms with van der Waals surface area (Å²) in [5.74, 6) is 0. The van der Waals surface area contributed by atoms with Crippen LogP contribution in [0.25, 0.3) is 0 Å². The highest BCUT2D eigenvalue weighted by molar-refractivity contribution is 6.68. The molecular formula is C7H4Cl4O6. The van der Waals surface area contributed by atoms with Crippen molar-refractivity contribution in [2.45, 2.75) is 27.7 Å². The van der Waals surface area contributed by atoms with Gasteiger partial charge < -0.3 is 18.9 Å². The van der Waals surface area contributed by atoms with Gasteiger partial charge in [0, 0.05) is 0 Å². The van der Waals surface area contributed by atoms with Crippen LogP contribution in [0, 0.1) is 0 Å². The number of hydrogen-bond donors (Lipinski definition) is 0. The first-order valence-corrected chi connectivity index (χ1v) is 5.81. The molecule has 0 saturated carbocycles. The summed E-state index contributed by atoms with van der Waals surface area (Å²) < 4.78 is 16.7. The molecule has 0 radical (unpaired) electrons. The molecule has 2 aliphatic rings. The number of hydrogen-bond acceptors (Lipinski definition) is 6. The number of rotatable bonds is 1. The molecule has 2 fully saturated rings. The first-order chi connectivity index (χ1) is 7.79. The molecule has 2 aliphatic heterocycles. The van der Waals surface area contributed by atoms with E-state index in [0.29, 0.717) is 0 Å². The highest BCUT2D eigenvalue weighted by Gasteiger charge is 2.57. The van der Waals surface area contributed by atoms with Crippen LogP contribution >= 0.6 is 46.4 Å². The second kappa shape index (κ2) is 4.42. The van der Waals surface area contributed by atoms with Crippen molar-refractivity contribution >= 4 is 58.7 Å². The van der Waals surface area contributed by atoms with Crippen molar-refractivity contribution < 1.29 is 28.5 Å². The molecule has 96 valence electrons. The van der Waals surface area contributed by atoms with E-state index in [2.05, 4.69) is 9.47 Å². The Morgan fingerprint density at radius 2 is 1.41 bits per heavy atom. The van der Waals surface area contributed by atoms with Gasteiger partial charge in [0.25, 0.3) is 0 Å². The minimum atomic E-state index is -1.94. The van der Waals surface area contributed by atoms with Gasteiger partial charge in [-0.05, 0) is 0 Å². The SMILES string of the molecule is O=C1O[C@@H]([C@H]2OC(=O)O[C@@H]2Cl)[C@H](C(Cl)(Cl)Cl)O1. The maximum atomic E-state index is 11.0. The maximum Gasteiger partial charge on any atom is 0.510 e. The molecule has 0 aromatic heterocycles. The number of carbonyl (C=O) groups excluding carboxylic acids is 2. The van der Waals surface area contributed by atoms with E-state index in [4.69, 9.17) is 55.9 Å². The van der Waals surface area contributed by atoms with E-state index in [9.17, 15) is 9.59 Å². The zero-order chi connectivity index (χ0) is 12.8. The molecule has 0 spiro atoms. The van der Waals surface area contributed by atoms with Gasteiger partial charge in [0.2, 0.25) is 9.36 Å². The summed E-state index contributed by atoms with van der Waals surface area (Å²) in [5, 5.41) is 0. The van der Waals surface area contributed by atoms with E-state index in [1.54, 1.807) is 0 Å². The Morgan fingerprint density at radius 3 is 1.88 bits per heavy atom. The Kier molecular flexibility index (Phi) is 3.42. The number of halogens is 4. The number of cyclic esters (lactones) is 4. The van der Waals surface area contributed by atoms with Crippen LogP contribution in [0.4, 0.5) is 9.59 Å². The predicted octanol–water partition coefficient (Wildman–Crippen LogP) is 2.36. The summed E-state index contributed by atoms with van der Waals surface area (Å²) in [6.45, 7) is 0. The van der Waals surface area contributed by atoms with Gasteiger partial charge in [0.15, 0.2) is 18.3 Å². The molecule has 0 aromatic rings. The van der Waals surface area contributed by atoms with Gasteiger partial charge >= 0.3 is 12.3 Å². The summed E-state index contributed by atoms with van der Waals surface area (Å²) >= 11 is 22.5. The van der Waals surface area contributed by atoms with Crippen LogP contribution in [0.3, 0.4) is 0 Å². The van der Waals surface area contributed by atoms with Crippen molar-refractivity contribution in [3.63, 3.8) is 0 Å². The Labute approximate surface area is 115 Å². The van der Waals surface area contributed by atoms with Gasteiger partial charge in [0.1, 0.15) is 0 Å². The lowest BCUT2D eigenvalue weighted by molar-refractivity contribution is 0.0221. The van der Waals surface area contributed by atoms with Crippen molar-refractivity contribution in [2.75, 3.05) is 0 Å². The summed E-state index contributed by atoms with van der Waals surface area (Å²) in [6.07, 6.45) is -5.54. The summed E-state index contributed by atoms with van der Waals surface area (Å²) in [7, 11) is 0. The monoisotopic (exact) mass is 324 g/mol. The summed E-state index contributed by atoms with van der Waals surface area (Å²) in [4.78, 5) is 21.9. The molecular weight excluding hydrogens is 322 g/mol. The Morgan fingerprint density at radius 1 is 0.882 bits per heavy atom. The van der Waals surface area contributed by atoms with E-state index >= 15 is 0 Å². The Bertz CT molecular complexity index is 355. The van der Waals surface area contributed by atoms with E-state index in [-0.39, 0.29) is 0 Å². The maximum absolute atomic E-state index is 11.0. The Balaban J connectivity index is 2.19. The van der Waals surface area contributed by atoms with Crippen LogP contribution in [0.2, 0.25) is 0 Å². The fraction of sp³-hybridized carbons (Fsp3) is 0.714. The zero-order valence-corrected chi connectivity index (χ0v) is 10.8. The molecule has 0 N–H and O–H groups in total. The van der Waals surface area contributed by atoms with E-state index in [1.807, 2.05) is 0 Å². The number of carbonyl (C=O) groups is 2. The van der Waals surface area contributed by atoms with Gasteiger partial charge in [0.05, 0.1) is 0 Å². The van der Waals surface area contributed by atoms with E-state index < -0.39 is 40.0 Å². The fourth-order valence-electron chi connectivity index (χ4n) is 1.43. The van der Waals surface area contributed by atoms with Crippen molar-refractivity contribution in [1.82, 2.24) is 0 Å². The molecule has 4 atom stereocenters. The van der Waals surface area contributed by atoms with Crippen molar-refractivity contribution in [2.24, 2.45) is 0 Å². The summed E-state index contributed by atoms with van der Waals surface area (Å²) in [6, 6.07) is 0. The molecule has 2 rings (SSSR count).